The van der Waals surface area contributed by atoms with Crippen molar-refractivity contribution in [2.24, 2.45) is 0 Å². The Morgan fingerprint density at radius 3 is 2.34 bits per heavy atom. The zero-order valence-corrected chi connectivity index (χ0v) is 25.3. The second kappa shape index (κ2) is 13.8. The first kappa shape index (κ1) is 30.3. The van der Waals surface area contributed by atoms with Crippen molar-refractivity contribution in [2.45, 2.75) is 36.0 Å². The van der Waals surface area contributed by atoms with Crippen LogP contribution in [0.2, 0.25) is 0 Å². The highest BCUT2D eigenvalue weighted by molar-refractivity contribution is 7.99. The van der Waals surface area contributed by atoms with Crippen LogP contribution in [0, 0.1) is 0 Å². The number of thioether (sulfide) groups is 1. The number of methoxy groups -OCH3 is 3. The van der Waals surface area contributed by atoms with Gasteiger partial charge in [-0.15, -0.1) is 11.8 Å². The predicted octanol–water partition coefficient (Wildman–Crippen LogP) is 5.56. The van der Waals surface area contributed by atoms with Crippen LogP contribution in [-0.4, -0.2) is 70.9 Å². The van der Waals surface area contributed by atoms with Gasteiger partial charge in [-0.1, -0.05) is 37.3 Å². The minimum atomic E-state index is -0.978. The van der Waals surface area contributed by atoms with Gasteiger partial charge in [0.1, 0.15) is 5.75 Å². The Bertz CT molecular complexity index is 1350. The first-order valence-corrected chi connectivity index (χ1v) is 14.4. The van der Waals surface area contributed by atoms with Gasteiger partial charge in [-0.25, -0.2) is 0 Å². The van der Waals surface area contributed by atoms with Crippen molar-refractivity contribution in [3.63, 3.8) is 0 Å². The standard InChI is InChI=1S/C32H38N2O6S/c1-21(24-13-16-27(38-5)28(19-24)39-6)20-33(3)17-18-34-26-9-7-8-10-29(26)41-31(30(32(34)36)40-22(2)35)23-11-14-25(37-4)15-12-23/h7-16,19,21,30-31H,17-18,20H2,1-6H3/t21?,30-,31+/m1/s1. The van der Waals surface area contributed by atoms with Gasteiger partial charge in [-0.2, -0.15) is 0 Å². The number of amides is 1. The fraction of sp³-hybridized carbons (Fsp3) is 0.375. The summed E-state index contributed by atoms with van der Waals surface area (Å²) in [6, 6.07) is 21.4. The molecule has 8 nitrogen and oxygen atoms in total. The summed E-state index contributed by atoms with van der Waals surface area (Å²) >= 11 is 1.53. The van der Waals surface area contributed by atoms with E-state index in [9.17, 15) is 9.59 Å². The van der Waals surface area contributed by atoms with Crippen molar-refractivity contribution in [1.29, 1.82) is 0 Å². The molecular formula is C32H38N2O6S. The summed E-state index contributed by atoms with van der Waals surface area (Å²) < 4.78 is 21.9. The Morgan fingerprint density at radius 2 is 1.68 bits per heavy atom. The van der Waals surface area contributed by atoms with Crippen molar-refractivity contribution >= 4 is 29.3 Å². The molecule has 3 aromatic carbocycles. The van der Waals surface area contributed by atoms with Crippen molar-refractivity contribution < 1.29 is 28.5 Å². The highest BCUT2D eigenvalue weighted by Crippen LogP contribution is 2.47. The highest BCUT2D eigenvalue weighted by Gasteiger charge is 2.40. The zero-order valence-electron chi connectivity index (χ0n) is 24.5. The lowest BCUT2D eigenvalue weighted by atomic mass is 10.00. The Morgan fingerprint density at radius 1 is 0.976 bits per heavy atom. The third-order valence-corrected chi connectivity index (χ3v) is 8.57. The van der Waals surface area contributed by atoms with E-state index in [-0.39, 0.29) is 11.8 Å². The monoisotopic (exact) mass is 578 g/mol. The van der Waals surface area contributed by atoms with E-state index >= 15 is 0 Å². The molecule has 218 valence electrons. The topological polar surface area (TPSA) is 77.5 Å². The molecule has 1 aliphatic heterocycles. The lowest BCUT2D eigenvalue weighted by Gasteiger charge is -2.30. The second-order valence-electron chi connectivity index (χ2n) is 10.1. The number of carbonyl (C=O) groups excluding carboxylic acids is 2. The average Bonchev–Trinajstić information content (AvgIpc) is 3.09. The Labute approximate surface area is 246 Å². The summed E-state index contributed by atoms with van der Waals surface area (Å²) in [4.78, 5) is 31.2. The second-order valence-corrected chi connectivity index (χ2v) is 11.3. The molecule has 0 fully saturated rings. The SMILES string of the molecule is COc1ccc([C@@H]2Sc3ccccc3N(CCN(C)CC(C)c3ccc(OC)c(OC)c3)C(=O)[C@@H]2OC(C)=O)cc1. The van der Waals surface area contributed by atoms with Crippen LogP contribution in [0.1, 0.15) is 36.1 Å². The molecule has 1 heterocycles. The molecule has 0 saturated carbocycles. The summed E-state index contributed by atoms with van der Waals surface area (Å²) in [5.74, 6) is 1.61. The van der Waals surface area contributed by atoms with Gasteiger partial charge in [-0.05, 0) is 60.5 Å². The highest BCUT2D eigenvalue weighted by atomic mass is 32.2. The summed E-state index contributed by atoms with van der Waals surface area (Å²) in [6.07, 6.45) is -0.978. The molecule has 0 N–H and O–H groups in total. The van der Waals surface area contributed by atoms with Crippen molar-refractivity contribution in [3.8, 4) is 17.2 Å². The number of ether oxygens (including phenoxy) is 4. The fourth-order valence-corrected chi connectivity index (χ4v) is 6.35. The molecule has 0 aliphatic carbocycles. The van der Waals surface area contributed by atoms with Gasteiger partial charge >= 0.3 is 5.97 Å². The third-order valence-electron chi connectivity index (χ3n) is 7.20. The van der Waals surface area contributed by atoms with Gasteiger partial charge in [-0.3, -0.25) is 9.59 Å². The van der Waals surface area contributed by atoms with Crippen LogP contribution < -0.4 is 19.1 Å². The molecule has 41 heavy (non-hydrogen) atoms. The Hall–Kier alpha value is -3.69. The van der Waals surface area contributed by atoms with E-state index in [2.05, 4.69) is 17.9 Å². The van der Waals surface area contributed by atoms with Crippen LogP contribution in [0.5, 0.6) is 17.2 Å². The maximum Gasteiger partial charge on any atom is 0.303 e. The van der Waals surface area contributed by atoms with Crippen LogP contribution in [-0.2, 0) is 14.3 Å². The number of carbonyl (C=O) groups is 2. The molecule has 1 unspecified atom stereocenters. The zero-order chi connectivity index (χ0) is 29.5. The van der Waals surface area contributed by atoms with E-state index in [1.807, 2.05) is 67.7 Å². The largest absolute Gasteiger partial charge is 0.497 e. The summed E-state index contributed by atoms with van der Waals surface area (Å²) in [5, 5.41) is -0.411. The van der Waals surface area contributed by atoms with E-state index in [0.29, 0.717) is 24.6 Å². The van der Waals surface area contributed by atoms with Gasteiger partial charge < -0.3 is 28.7 Å². The molecule has 3 atom stereocenters. The van der Waals surface area contributed by atoms with Crippen LogP contribution in [0.25, 0.3) is 0 Å². The molecule has 0 saturated heterocycles. The van der Waals surface area contributed by atoms with E-state index < -0.39 is 17.3 Å². The molecule has 0 bridgehead atoms. The molecule has 0 spiro atoms. The average molecular weight is 579 g/mol. The van der Waals surface area contributed by atoms with Crippen LogP contribution >= 0.6 is 11.8 Å². The number of esters is 1. The van der Waals surface area contributed by atoms with Gasteiger partial charge in [0.15, 0.2) is 17.6 Å². The van der Waals surface area contributed by atoms with E-state index in [1.165, 1.54) is 18.7 Å². The molecule has 1 amide bonds. The van der Waals surface area contributed by atoms with Crippen molar-refractivity contribution in [3.05, 3.63) is 77.9 Å². The van der Waals surface area contributed by atoms with E-state index in [1.54, 1.807) is 26.2 Å². The number of hydrogen-bond donors (Lipinski definition) is 0. The first-order chi connectivity index (χ1) is 19.7. The smallest absolute Gasteiger partial charge is 0.303 e. The van der Waals surface area contributed by atoms with E-state index in [0.717, 1.165) is 34.0 Å². The molecule has 1 aliphatic rings. The lowest BCUT2D eigenvalue weighted by molar-refractivity contribution is -0.152. The minimum Gasteiger partial charge on any atom is -0.497 e. The van der Waals surface area contributed by atoms with Crippen LogP contribution in [0.4, 0.5) is 5.69 Å². The van der Waals surface area contributed by atoms with Crippen LogP contribution in [0.3, 0.4) is 0 Å². The minimum absolute atomic E-state index is 0.218. The van der Waals surface area contributed by atoms with Crippen molar-refractivity contribution in [2.75, 3.05) is 52.9 Å². The van der Waals surface area contributed by atoms with Gasteiger partial charge in [0.05, 0.1) is 32.3 Å². The summed E-state index contributed by atoms with van der Waals surface area (Å²) in [7, 11) is 6.92. The summed E-state index contributed by atoms with van der Waals surface area (Å²) in [5.41, 5.74) is 2.84. The Kier molecular flexibility index (Phi) is 10.2. The maximum absolute atomic E-state index is 14.1. The van der Waals surface area contributed by atoms with Gasteiger partial charge in [0.25, 0.3) is 5.91 Å². The third kappa shape index (κ3) is 7.15. The van der Waals surface area contributed by atoms with Gasteiger partial charge in [0.2, 0.25) is 0 Å². The predicted molar refractivity (Wildman–Crippen MR) is 161 cm³/mol. The number of nitrogens with zero attached hydrogens (tertiary/aromatic N) is 2. The lowest BCUT2D eigenvalue weighted by Crippen LogP contribution is -2.45. The Balaban J connectivity index is 1.55. The molecule has 0 radical (unpaired) electrons. The first-order valence-electron chi connectivity index (χ1n) is 13.5. The molecule has 0 aromatic heterocycles. The number of hydrogen-bond acceptors (Lipinski definition) is 8. The van der Waals surface area contributed by atoms with E-state index in [4.69, 9.17) is 18.9 Å². The quantitative estimate of drug-likeness (QED) is 0.274. The van der Waals surface area contributed by atoms with Crippen LogP contribution in [0.15, 0.2) is 71.6 Å². The molecule has 9 heteroatoms. The normalized spacial score (nSPS) is 17.4. The molecule has 3 aromatic rings. The van der Waals surface area contributed by atoms with Gasteiger partial charge in [0, 0.05) is 31.5 Å². The fourth-order valence-electron chi connectivity index (χ4n) is 5.03. The van der Waals surface area contributed by atoms with Crippen molar-refractivity contribution in [1.82, 2.24) is 4.90 Å². The number of benzene rings is 3. The number of rotatable bonds is 11. The number of fused-ring (bicyclic) bond motifs is 1. The number of para-hydroxylation sites is 1. The molecular weight excluding hydrogens is 540 g/mol. The molecule has 4 rings (SSSR count). The maximum atomic E-state index is 14.1. The summed E-state index contributed by atoms with van der Waals surface area (Å²) in [6.45, 7) is 5.35. The number of likely N-dealkylation sites (N-methyl/N-ethyl adjacent to an activating group) is 1. The number of anilines is 1.